The van der Waals surface area contributed by atoms with Gasteiger partial charge in [-0.1, -0.05) is 32.6 Å². The van der Waals surface area contributed by atoms with Crippen molar-refractivity contribution in [1.29, 1.82) is 0 Å². The quantitative estimate of drug-likeness (QED) is 0.273. The second-order valence-corrected chi connectivity index (χ2v) is 8.74. The van der Waals surface area contributed by atoms with Gasteiger partial charge in [0.1, 0.15) is 6.10 Å². The molecule has 2 rings (SSSR count). The number of halogens is 9. The monoisotopic (exact) mass is 486 g/mol. The van der Waals surface area contributed by atoms with Crippen LogP contribution in [0.3, 0.4) is 0 Å². The minimum atomic E-state index is -7.13. The molecule has 2 aliphatic rings. The first-order valence-electron chi connectivity index (χ1n) is 10.7. The van der Waals surface area contributed by atoms with Crippen molar-refractivity contribution in [2.75, 3.05) is 0 Å². The zero-order chi connectivity index (χ0) is 24.4. The van der Waals surface area contributed by atoms with Crippen LogP contribution in [0.1, 0.15) is 71.1 Å². The molecule has 2 fully saturated rings. The van der Waals surface area contributed by atoms with Gasteiger partial charge in [0.2, 0.25) is 0 Å². The summed E-state index contributed by atoms with van der Waals surface area (Å²) in [6.45, 7) is 2.14. The van der Waals surface area contributed by atoms with Gasteiger partial charge in [-0.2, -0.15) is 39.5 Å². The maximum Gasteiger partial charge on any atom is 0.513 e. The molecule has 0 aromatic rings. The molecule has 0 N–H and O–H groups in total. The van der Waals surface area contributed by atoms with E-state index in [2.05, 4.69) is 16.4 Å². The summed E-state index contributed by atoms with van der Waals surface area (Å²) < 4.78 is 122. The predicted octanol–water partition coefficient (Wildman–Crippen LogP) is 7.73. The van der Waals surface area contributed by atoms with Crippen LogP contribution in [0.2, 0.25) is 0 Å². The third kappa shape index (κ3) is 5.76. The molecule has 3 nitrogen and oxygen atoms in total. The largest absolute Gasteiger partial charge is 0.513 e. The number of carbonyl (C=O) groups excluding carboxylic acids is 1. The fourth-order valence-electron chi connectivity index (χ4n) is 4.72. The molecule has 0 saturated heterocycles. The van der Waals surface area contributed by atoms with Crippen LogP contribution in [0.4, 0.5) is 44.3 Å². The van der Waals surface area contributed by atoms with Crippen LogP contribution in [-0.4, -0.2) is 36.4 Å². The number of hydrogen-bond donors (Lipinski definition) is 0. The summed E-state index contributed by atoms with van der Waals surface area (Å²) in [5.74, 6) is -12.6. The number of hydrogen-bond acceptors (Lipinski definition) is 3. The minimum absolute atomic E-state index is 0.231. The second kappa shape index (κ2) is 9.87. The Morgan fingerprint density at radius 3 is 1.66 bits per heavy atom. The van der Waals surface area contributed by atoms with E-state index in [-0.39, 0.29) is 12.8 Å². The van der Waals surface area contributed by atoms with E-state index in [4.69, 9.17) is 0 Å². The number of rotatable bonds is 7. The molecule has 0 radical (unpaired) electrons. The highest BCUT2D eigenvalue weighted by molar-refractivity contribution is 5.60. The highest BCUT2D eigenvalue weighted by Crippen LogP contribution is 2.53. The zero-order valence-electron chi connectivity index (χ0n) is 17.5. The molecule has 0 aliphatic heterocycles. The average molecular weight is 486 g/mol. The molecule has 0 atom stereocenters. The van der Waals surface area contributed by atoms with E-state index >= 15 is 0 Å². The van der Waals surface area contributed by atoms with Gasteiger partial charge < -0.3 is 9.47 Å². The van der Waals surface area contributed by atoms with Gasteiger partial charge in [-0.15, -0.1) is 0 Å². The van der Waals surface area contributed by atoms with Gasteiger partial charge >= 0.3 is 30.3 Å². The van der Waals surface area contributed by atoms with Gasteiger partial charge in [0.15, 0.2) is 0 Å². The Morgan fingerprint density at radius 2 is 1.22 bits per heavy atom. The van der Waals surface area contributed by atoms with Crippen LogP contribution in [0.5, 0.6) is 0 Å². The summed E-state index contributed by atoms with van der Waals surface area (Å²) in [7, 11) is 0. The molecule has 0 amide bonds. The van der Waals surface area contributed by atoms with Gasteiger partial charge in [0.25, 0.3) is 0 Å². The summed E-state index contributed by atoms with van der Waals surface area (Å²) in [5.41, 5.74) is 0. The smallest absolute Gasteiger partial charge is 0.431 e. The summed E-state index contributed by atoms with van der Waals surface area (Å²) >= 11 is 0. The Bertz CT molecular complexity index is 620. The van der Waals surface area contributed by atoms with Crippen molar-refractivity contribution in [2.24, 2.45) is 17.8 Å². The van der Waals surface area contributed by atoms with Crippen LogP contribution in [0.25, 0.3) is 0 Å². The zero-order valence-corrected chi connectivity index (χ0v) is 17.5. The summed E-state index contributed by atoms with van der Waals surface area (Å²) in [6, 6.07) is 0. The highest BCUT2D eigenvalue weighted by atomic mass is 19.4. The van der Waals surface area contributed by atoms with E-state index in [0.29, 0.717) is 24.7 Å². The summed E-state index contributed by atoms with van der Waals surface area (Å²) in [6.07, 6.45) is -8.43. The lowest BCUT2D eigenvalue weighted by Gasteiger charge is -2.37. The summed E-state index contributed by atoms with van der Waals surface area (Å²) in [5, 5.41) is 0. The van der Waals surface area contributed by atoms with Crippen molar-refractivity contribution in [2.45, 2.75) is 101 Å². The van der Waals surface area contributed by atoms with Crippen LogP contribution >= 0.6 is 0 Å². The van der Waals surface area contributed by atoms with Gasteiger partial charge in [-0.25, -0.2) is 4.79 Å². The molecule has 0 heterocycles. The topological polar surface area (TPSA) is 35.5 Å². The van der Waals surface area contributed by atoms with Crippen molar-refractivity contribution >= 4 is 6.16 Å². The van der Waals surface area contributed by atoms with Gasteiger partial charge in [-0.3, -0.25) is 0 Å². The first-order valence-corrected chi connectivity index (χ1v) is 10.7. The normalized spacial score (nSPS) is 28.3. The molecular weight excluding hydrogens is 459 g/mol. The Balaban J connectivity index is 1.84. The van der Waals surface area contributed by atoms with Crippen LogP contribution in [-0.2, 0) is 9.47 Å². The fourth-order valence-corrected chi connectivity index (χ4v) is 4.72. The molecule has 12 heteroatoms. The van der Waals surface area contributed by atoms with E-state index < -0.39 is 36.4 Å². The third-order valence-electron chi connectivity index (χ3n) is 6.56. The molecule has 2 saturated carbocycles. The van der Waals surface area contributed by atoms with Crippen LogP contribution in [0.15, 0.2) is 0 Å². The van der Waals surface area contributed by atoms with E-state index in [0.717, 1.165) is 38.0 Å². The second-order valence-electron chi connectivity index (χ2n) is 8.74. The number of ether oxygens (including phenoxy) is 2. The van der Waals surface area contributed by atoms with Crippen molar-refractivity contribution < 1.29 is 53.8 Å². The maximum atomic E-state index is 13.4. The molecule has 0 bridgehead atoms. The van der Waals surface area contributed by atoms with Crippen molar-refractivity contribution in [3.05, 3.63) is 0 Å². The van der Waals surface area contributed by atoms with Crippen molar-refractivity contribution in [3.8, 4) is 0 Å². The lowest BCUT2D eigenvalue weighted by Crippen LogP contribution is -2.62. The third-order valence-corrected chi connectivity index (χ3v) is 6.56. The van der Waals surface area contributed by atoms with Crippen molar-refractivity contribution in [1.82, 2.24) is 0 Å². The van der Waals surface area contributed by atoms with Crippen LogP contribution in [0, 0.1) is 17.8 Å². The Labute approximate surface area is 180 Å². The molecule has 2 aliphatic carbocycles. The molecule has 32 heavy (non-hydrogen) atoms. The van der Waals surface area contributed by atoms with Crippen molar-refractivity contribution in [3.63, 3.8) is 0 Å². The van der Waals surface area contributed by atoms with E-state index in [1.54, 1.807) is 0 Å². The standard InChI is InChI=1S/C20H27F9O3/c1-2-3-12-4-6-13(7-5-12)14-8-10-15(11-9-14)31-16(30)32-20(28,29)18(23,24)17(21,22)19(25,26)27/h12-15H,2-11H2,1H3/t12-,13-,14-,15-. The first-order chi connectivity index (χ1) is 14.6. The first kappa shape index (κ1) is 26.9. The van der Waals surface area contributed by atoms with Gasteiger partial charge in [-0.05, 0) is 56.3 Å². The molecular formula is C20H27F9O3. The Hall–Kier alpha value is -1.36. The van der Waals surface area contributed by atoms with Gasteiger partial charge in [0, 0.05) is 0 Å². The minimum Gasteiger partial charge on any atom is -0.431 e. The van der Waals surface area contributed by atoms with E-state index in [9.17, 15) is 44.3 Å². The SMILES string of the molecule is CCC[C@H]1CC[C@H]([C@H]2CC[C@H](OC(=O)OC(F)(F)C(F)(F)C(F)(F)C(F)(F)F)CC2)CC1. The number of carbonyl (C=O) groups is 1. The maximum absolute atomic E-state index is 13.4. The molecule has 0 unspecified atom stereocenters. The Kier molecular flexibility index (Phi) is 8.29. The lowest BCUT2D eigenvalue weighted by atomic mass is 9.70. The highest BCUT2D eigenvalue weighted by Gasteiger charge is 2.84. The average Bonchev–Trinajstić information content (AvgIpc) is 2.68. The molecule has 0 aromatic heterocycles. The van der Waals surface area contributed by atoms with E-state index in [1.807, 2.05) is 0 Å². The molecule has 0 aromatic carbocycles. The van der Waals surface area contributed by atoms with Gasteiger partial charge in [0.05, 0.1) is 0 Å². The summed E-state index contributed by atoms with van der Waals surface area (Å²) in [4.78, 5) is 11.4. The fraction of sp³-hybridized carbons (Fsp3) is 0.950. The predicted molar refractivity (Wildman–Crippen MR) is 94.6 cm³/mol. The number of alkyl halides is 9. The Morgan fingerprint density at radius 1 is 0.750 bits per heavy atom. The lowest BCUT2D eigenvalue weighted by molar-refractivity contribution is -0.435. The molecule has 188 valence electrons. The van der Waals surface area contributed by atoms with Crippen LogP contribution < -0.4 is 0 Å². The van der Waals surface area contributed by atoms with E-state index in [1.165, 1.54) is 6.42 Å². The molecule has 0 spiro atoms.